The minimum absolute atomic E-state index is 0.243. The van der Waals surface area contributed by atoms with Crippen LogP contribution in [0.15, 0.2) is 53.0 Å². The minimum Gasteiger partial charge on any atom is -0.404 e. The van der Waals surface area contributed by atoms with Crippen LogP contribution in [0.4, 0.5) is 18.9 Å². The first-order chi connectivity index (χ1) is 9.46. The molecule has 2 aromatic carbocycles. The summed E-state index contributed by atoms with van der Waals surface area (Å²) in [6.45, 7) is 0.389. The molecule has 0 amide bonds. The Balaban J connectivity index is 2.12. The summed E-state index contributed by atoms with van der Waals surface area (Å²) in [5.41, 5.74) is 1.23. The Morgan fingerprint density at radius 3 is 2.35 bits per heavy atom. The summed E-state index contributed by atoms with van der Waals surface area (Å²) in [7, 11) is 0. The Morgan fingerprint density at radius 2 is 1.65 bits per heavy atom. The second kappa shape index (κ2) is 6.17. The first kappa shape index (κ1) is 14.7. The van der Waals surface area contributed by atoms with Crippen LogP contribution in [0.5, 0.6) is 5.75 Å². The van der Waals surface area contributed by atoms with Gasteiger partial charge in [0.05, 0.1) is 5.69 Å². The highest BCUT2D eigenvalue weighted by molar-refractivity contribution is 9.10. The average molecular weight is 346 g/mol. The van der Waals surface area contributed by atoms with Crippen LogP contribution in [0, 0.1) is 0 Å². The number of hydrogen-bond acceptors (Lipinski definition) is 2. The van der Waals surface area contributed by atoms with Gasteiger partial charge in [-0.1, -0.05) is 46.3 Å². The molecule has 6 heteroatoms. The first-order valence-corrected chi connectivity index (χ1v) is 6.57. The molecule has 2 aromatic rings. The Kier molecular flexibility index (Phi) is 4.54. The Morgan fingerprint density at radius 1 is 1.00 bits per heavy atom. The number of para-hydroxylation sites is 2. The molecule has 20 heavy (non-hydrogen) atoms. The molecule has 0 atom stereocenters. The summed E-state index contributed by atoms with van der Waals surface area (Å²) in [5.74, 6) is -0.243. The number of hydrogen-bond donors (Lipinski definition) is 1. The third-order valence-electron chi connectivity index (χ3n) is 2.54. The maximum Gasteiger partial charge on any atom is 0.573 e. The van der Waals surface area contributed by atoms with Gasteiger partial charge in [-0.3, -0.25) is 0 Å². The number of nitrogens with one attached hydrogen (secondary N) is 1. The normalized spacial score (nSPS) is 11.2. The zero-order valence-corrected chi connectivity index (χ0v) is 11.8. The van der Waals surface area contributed by atoms with Gasteiger partial charge >= 0.3 is 6.36 Å². The summed E-state index contributed by atoms with van der Waals surface area (Å²) in [6, 6.07) is 13.4. The molecule has 0 saturated carbocycles. The lowest BCUT2D eigenvalue weighted by atomic mass is 10.2. The third-order valence-corrected chi connectivity index (χ3v) is 3.31. The van der Waals surface area contributed by atoms with E-state index in [0.29, 0.717) is 12.2 Å². The Labute approximate surface area is 122 Å². The van der Waals surface area contributed by atoms with Crippen LogP contribution in [0.1, 0.15) is 5.56 Å². The summed E-state index contributed by atoms with van der Waals surface area (Å²) in [5, 5.41) is 2.94. The van der Waals surface area contributed by atoms with Gasteiger partial charge in [-0.15, -0.1) is 13.2 Å². The van der Waals surface area contributed by atoms with Crippen LogP contribution in [-0.4, -0.2) is 6.36 Å². The quantitative estimate of drug-likeness (QED) is 0.845. The van der Waals surface area contributed by atoms with Crippen LogP contribution in [-0.2, 0) is 6.54 Å². The van der Waals surface area contributed by atoms with E-state index in [0.717, 1.165) is 10.0 Å². The van der Waals surface area contributed by atoms with E-state index < -0.39 is 6.36 Å². The number of alkyl halides is 3. The second-order valence-electron chi connectivity index (χ2n) is 3.99. The number of ether oxygens (including phenoxy) is 1. The highest BCUT2D eigenvalue weighted by Crippen LogP contribution is 2.30. The van der Waals surface area contributed by atoms with E-state index in [4.69, 9.17) is 0 Å². The van der Waals surface area contributed by atoms with Crippen molar-refractivity contribution in [2.45, 2.75) is 12.9 Å². The Bertz CT molecular complexity index is 587. The van der Waals surface area contributed by atoms with E-state index in [1.165, 1.54) is 18.2 Å². The largest absolute Gasteiger partial charge is 0.573 e. The maximum absolute atomic E-state index is 12.3. The second-order valence-corrected chi connectivity index (χ2v) is 4.84. The molecule has 0 fully saturated rings. The lowest BCUT2D eigenvalue weighted by molar-refractivity contribution is -0.274. The topological polar surface area (TPSA) is 21.3 Å². The zero-order chi connectivity index (χ0) is 14.6. The van der Waals surface area contributed by atoms with Crippen molar-refractivity contribution < 1.29 is 17.9 Å². The number of rotatable bonds is 4. The smallest absolute Gasteiger partial charge is 0.404 e. The van der Waals surface area contributed by atoms with Crippen molar-refractivity contribution in [2.75, 3.05) is 5.32 Å². The molecule has 0 spiro atoms. The summed E-state index contributed by atoms with van der Waals surface area (Å²) < 4.78 is 41.7. The van der Waals surface area contributed by atoms with Crippen molar-refractivity contribution in [3.8, 4) is 5.75 Å². The van der Waals surface area contributed by atoms with Crippen molar-refractivity contribution in [2.24, 2.45) is 0 Å². The van der Waals surface area contributed by atoms with Crippen LogP contribution in [0.2, 0.25) is 0 Å². The fraction of sp³-hybridized carbons (Fsp3) is 0.143. The molecule has 0 radical (unpaired) electrons. The average Bonchev–Trinajstić information content (AvgIpc) is 2.37. The van der Waals surface area contributed by atoms with Crippen molar-refractivity contribution in [3.05, 3.63) is 58.6 Å². The van der Waals surface area contributed by atoms with Gasteiger partial charge in [-0.25, -0.2) is 0 Å². The van der Waals surface area contributed by atoms with Gasteiger partial charge in [-0.2, -0.15) is 0 Å². The molecule has 1 N–H and O–H groups in total. The van der Waals surface area contributed by atoms with Crippen LogP contribution in [0.3, 0.4) is 0 Å². The minimum atomic E-state index is -4.70. The molecule has 0 unspecified atom stereocenters. The predicted octanol–water partition coefficient (Wildman–Crippen LogP) is 4.96. The molecule has 0 aliphatic heterocycles. The fourth-order valence-electron chi connectivity index (χ4n) is 1.66. The van der Waals surface area contributed by atoms with E-state index >= 15 is 0 Å². The van der Waals surface area contributed by atoms with Crippen molar-refractivity contribution in [1.29, 1.82) is 0 Å². The van der Waals surface area contributed by atoms with Crippen LogP contribution >= 0.6 is 15.9 Å². The summed E-state index contributed by atoms with van der Waals surface area (Å²) in [4.78, 5) is 0. The first-order valence-electron chi connectivity index (χ1n) is 5.78. The molecule has 0 bridgehead atoms. The van der Waals surface area contributed by atoms with Gasteiger partial charge in [0.25, 0.3) is 0 Å². The lowest BCUT2D eigenvalue weighted by Gasteiger charge is -2.14. The van der Waals surface area contributed by atoms with E-state index in [2.05, 4.69) is 26.0 Å². The number of halogens is 4. The Hall–Kier alpha value is -1.69. The summed E-state index contributed by atoms with van der Waals surface area (Å²) in [6.07, 6.45) is -4.70. The van der Waals surface area contributed by atoms with E-state index in [-0.39, 0.29) is 5.75 Å². The van der Waals surface area contributed by atoms with Crippen molar-refractivity contribution in [3.63, 3.8) is 0 Å². The molecule has 0 aromatic heterocycles. The standard InChI is InChI=1S/C14H11BrF3NO/c15-11-6-2-1-5-10(11)9-19-12-7-3-4-8-13(12)20-14(16,17)18/h1-8,19H,9H2. The predicted molar refractivity (Wildman–Crippen MR) is 74.6 cm³/mol. The van der Waals surface area contributed by atoms with E-state index in [1.807, 2.05) is 24.3 Å². The monoisotopic (exact) mass is 345 g/mol. The van der Waals surface area contributed by atoms with Crippen molar-refractivity contribution >= 4 is 21.6 Å². The molecule has 2 rings (SSSR count). The third kappa shape index (κ3) is 4.16. The molecular weight excluding hydrogens is 335 g/mol. The van der Waals surface area contributed by atoms with E-state index in [9.17, 15) is 13.2 Å². The van der Waals surface area contributed by atoms with Gasteiger partial charge < -0.3 is 10.1 Å². The van der Waals surface area contributed by atoms with Crippen LogP contribution < -0.4 is 10.1 Å². The number of anilines is 1. The molecule has 0 aliphatic rings. The molecule has 0 aliphatic carbocycles. The van der Waals surface area contributed by atoms with Gasteiger partial charge in [0.2, 0.25) is 0 Å². The highest BCUT2D eigenvalue weighted by atomic mass is 79.9. The summed E-state index contributed by atoms with van der Waals surface area (Å²) >= 11 is 3.39. The molecule has 0 heterocycles. The lowest BCUT2D eigenvalue weighted by Crippen LogP contribution is -2.18. The zero-order valence-electron chi connectivity index (χ0n) is 10.2. The van der Waals surface area contributed by atoms with Crippen LogP contribution in [0.25, 0.3) is 0 Å². The molecular formula is C14H11BrF3NO. The van der Waals surface area contributed by atoms with Crippen molar-refractivity contribution in [1.82, 2.24) is 0 Å². The van der Waals surface area contributed by atoms with Gasteiger partial charge in [0.15, 0.2) is 5.75 Å². The molecule has 2 nitrogen and oxygen atoms in total. The van der Waals surface area contributed by atoms with E-state index in [1.54, 1.807) is 6.07 Å². The SMILES string of the molecule is FC(F)(F)Oc1ccccc1NCc1ccccc1Br. The molecule has 0 saturated heterocycles. The fourth-order valence-corrected chi connectivity index (χ4v) is 2.08. The van der Waals surface area contributed by atoms with Gasteiger partial charge in [0.1, 0.15) is 0 Å². The number of benzene rings is 2. The van der Waals surface area contributed by atoms with Gasteiger partial charge in [0, 0.05) is 11.0 Å². The maximum atomic E-state index is 12.3. The van der Waals surface area contributed by atoms with Gasteiger partial charge in [-0.05, 0) is 23.8 Å². The highest BCUT2D eigenvalue weighted by Gasteiger charge is 2.32. The molecule has 106 valence electrons.